The summed E-state index contributed by atoms with van der Waals surface area (Å²) in [6.45, 7) is 4.78. The topological polar surface area (TPSA) is 49.4 Å². The van der Waals surface area contributed by atoms with Gasteiger partial charge in [-0.3, -0.25) is 9.59 Å². The molecule has 0 aliphatic rings. The van der Waals surface area contributed by atoms with Crippen LogP contribution in [-0.4, -0.2) is 29.8 Å². The number of nitrogens with zero attached hydrogens (tertiary/aromatic N) is 1. The third kappa shape index (κ3) is 4.50. The molecule has 1 aromatic carbocycles. The molecule has 0 radical (unpaired) electrons. The van der Waals surface area contributed by atoms with Gasteiger partial charge >= 0.3 is 0 Å². The first kappa shape index (κ1) is 14.8. The van der Waals surface area contributed by atoms with E-state index in [1.165, 1.54) is 17.9 Å². The number of carbonyl (C=O) groups is 2. The lowest BCUT2D eigenvalue weighted by Gasteiger charge is -2.18. The highest BCUT2D eigenvalue weighted by Gasteiger charge is 2.13. The van der Waals surface area contributed by atoms with Crippen LogP contribution >= 0.6 is 0 Å². The molecular weight excluding hydrogens is 254 g/mol. The van der Waals surface area contributed by atoms with Crippen LogP contribution in [0.4, 0.5) is 14.5 Å². The number of benzene rings is 1. The summed E-state index contributed by atoms with van der Waals surface area (Å²) in [6.07, 6.45) is 1.48. The standard InChI is InChI=1S/C13H14F2N2O2/c1-3-6-17(9(2)18)8-13(19)16-12-5-4-10(14)7-11(12)15/h3-5,7H,1,6,8H2,2H3,(H,16,19). The molecule has 1 N–H and O–H groups in total. The summed E-state index contributed by atoms with van der Waals surface area (Å²) in [4.78, 5) is 24.1. The Labute approximate surface area is 109 Å². The molecule has 0 aliphatic carbocycles. The van der Waals surface area contributed by atoms with Crippen LogP contribution in [0.25, 0.3) is 0 Å². The van der Waals surface area contributed by atoms with Crippen LogP contribution in [0.2, 0.25) is 0 Å². The number of carbonyl (C=O) groups excluding carboxylic acids is 2. The van der Waals surface area contributed by atoms with E-state index < -0.39 is 17.5 Å². The van der Waals surface area contributed by atoms with Gasteiger partial charge in [-0.05, 0) is 12.1 Å². The van der Waals surface area contributed by atoms with Crippen molar-refractivity contribution in [2.75, 3.05) is 18.4 Å². The average Bonchev–Trinajstić information content (AvgIpc) is 2.32. The molecule has 0 saturated carbocycles. The highest BCUT2D eigenvalue weighted by Crippen LogP contribution is 2.14. The number of hydrogen-bond donors (Lipinski definition) is 1. The fraction of sp³-hybridized carbons (Fsp3) is 0.231. The molecule has 102 valence electrons. The zero-order chi connectivity index (χ0) is 14.4. The van der Waals surface area contributed by atoms with Crippen molar-refractivity contribution in [3.8, 4) is 0 Å². The van der Waals surface area contributed by atoms with E-state index in [9.17, 15) is 18.4 Å². The van der Waals surface area contributed by atoms with Crippen molar-refractivity contribution in [2.45, 2.75) is 6.92 Å². The first-order chi connectivity index (χ1) is 8.93. The predicted molar refractivity (Wildman–Crippen MR) is 67.4 cm³/mol. The minimum Gasteiger partial charge on any atom is -0.330 e. The Hall–Kier alpha value is -2.24. The summed E-state index contributed by atoms with van der Waals surface area (Å²) in [6, 6.07) is 2.82. The lowest BCUT2D eigenvalue weighted by Crippen LogP contribution is -2.36. The van der Waals surface area contributed by atoms with Crippen molar-refractivity contribution in [2.24, 2.45) is 0 Å². The minimum atomic E-state index is -0.869. The highest BCUT2D eigenvalue weighted by molar-refractivity contribution is 5.94. The smallest absolute Gasteiger partial charge is 0.244 e. The summed E-state index contributed by atoms with van der Waals surface area (Å²) < 4.78 is 26.0. The largest absolute Gasteiger partial charge is 0.330 e. The molecule has 19 heavy (non-hydrogen) atoms. The lowest BCUT2D eigenvalue weighted by atomic mass is 10.3. The summed E-state index contributed by atoms with van der Waals surface area (Å²) in [5.41, 5.74) is -0.131. The van der Waals surface area contributed by atoms with Gasteiger partial charge in [-0.2, -0.15) is 0 Å². The fourth-order valence-corrected chi connectivity index (χ4v) is 1.41. The number of anilines is 1. The van der Waals surface area contributed by atoms with Gasteiger partial charge in [0, 0.05) is 19.5 Å². The van der Waals surface area contributed by atoms with Crippen LogP contribution in [0, 0.1) is 11.6 Å². The molecule has 0 spiro atoms. The van der Waals surface area contributed by atoms with Crippen molar-refractivity contribution >= 4 is 17.5 Å². The van der Waals surface area contributed by atoms with Gasteiger partial charge in [-0.15, -0.1) is 6.58 Å². The zero-order valence-electron chi connectivity index (χ0n) is 10.5. The van der Waals surface area contributed by atoms with Gasteiger partial charge in [0.1, 0.15) is 18.2 Å². The van der Waals surface area contributed by atoms with E-state index in [1.54, 1.807) is 0 Å². The Morgan fingerprint density at radius 2 is 2.11 bits per heavy atom. The highest BCUT2D eigenvalue weighted by atomic mass is 19.1. The molecule has 0 bridgehead atoms. The van der Waals surface area contributed by atoms with Crippen molar-refractivity contribution in [1.82, 2.24) is 4.90 Å². The van der Waals surface area contributed by atoms with E-state index in [2.05, 4.69) is 11.9 Å². The SMILES string of the molecule is C=CCN(CC(=O)Nc1ccc(F)cc1F)C(C)=O. The van der Waals surface area contributed by atoms with E-state index in [1.807, 2.05) is 0 Å². The van der Waals surface area contributed by atoms with Crippen LogP contribution in [0.1, 0.15) is 6.92 Å². The van der Waals surface area contributed by atoms with Gasteiger partial charge in [0.05, 0.1) is 5.69 Å². The first-order valence-corrected chi connectivity index (χ1v) is 5.55. The maximum absolute atomic E-state index is 13.3. The Balaban J connectivity index is 2.68. The predicted octanol–water partition coefficient (Wildman–Crippen LogP) is 1.94. The Morgan fingerprint density at radius 1 is 1.42 bits per heavy atom. The Kier molecular flexibility index (Phi) is 5.17. The number of rotatable bonds is 5. The van der Waals surface area contributed by atoms with Gasteiger partial charge in [0.15, 0.2) is 0 Å². The van der Waals surface area contributed by atoms with E-state index in [0.717, 1.165) is 12.1 Å². The number of amides is 2. The van der Waals surface area contributed by atoms with Crippen LogP contribution in [0.15, 0.2) is 30.9 Å². The maximum Gasteiger partial charge on any atom is 0.244 e. The Bertz CT molecular complexity index is 503. The summed E-state index contributed by atoms with van der Waals surface area (Å²) in [7, 11) is 0. The second-order valence-electron chi connectivity index (χ2n) is 3.86. The van der Waals surface area contributed by atoms with E-state index >= 15 is 0 Å². The molecule has 0 aliphatic heterocycles. The third-order valence-corrected chi connectivity index (χ3v) is 2.33. The number of nitrogens with one attached hydrogen (secondary N) is 1. The quantitative estimate of drug-likeness (QED) is 0.830. The van der Waals surface area contributed by atoms with Crippen LogP contribution < -0.4 is 5.32 Å². The summed E-state index contributed by atoms with van der Waals surface area (Å²) >= 11 is 0. The summed E-state index contributed by atoms with van der Waals surface area (Å²) in [5, 5.41) is 2.27. The first-order valence-electron chi connectivity index (χ1n) is 5.55. The molecule has 0 fully saturated rings. The average molecular weight is 268 g/mol. The van der Waals surface area contributed by atoms with Crippen molar-refractivity contribution in [3.05, 3.63) is 42.5 Å². The monoisotopic (exact) mass is 268 g/mol. The Morgan fingerprint density at radius 3 is 2.63 bits per heavy atom. The van der Waals surface area contributed by atoms with Crippen LogP contribution in [0.3, 0.4) is 0 Å². The van der Waals surface area contributed by atoms with E-state index in [0.29, 0.717) is 6.07 Å². The van der Waals surface area contributed by atoms with Gasteiger partial charge in [0.25, 0.3) is 0 Å². The molecule has 0 saturated heterocycles. The van der Waals surface area contributed by atoms with Gasteiger partial charge < -0.3 is 10.2 Å². The van der Waals surface area contributed by atoms with Crippen molar-refractivity contribution in [1.29, 1.82) is 0 Å². The second kappa shape index (κ2) is 6.63. The lowest BCUT2D eigenvalue weighted by molar-refractivity contribution is -0.132. The molecule has 0 unspecified atom stereocenters. The summed E-state index contributed by atoms with van der Waals surface area (Å²) in [5.74, 6) is -2.46. The fourth-order valence-electron chi connectivity index (χ4n) is 1.41. The van der Waals surface area contributed by atoms with Crippen LogP contribution in [0.5, 0.6) is 0 Å². The molecule has 4 nitrogen and oxygen atoms in total. The van der Waals surface area contributed by atoms with Crippen molar-refractivity contribution in [3.63, 3.8) is 0 Å². The number of halogens is 2. The van der Waals surface area contributed by atoms with E-state index in [-0.39, 0.29) is 24.7 Å². The second-order valence-corrected chi connectivity index (χ2v) is 3.86. The van der Waals surface area contributed by atoms with Crippen LogP contribution in [-0.2, 0) is 9.59 Å². The minimum absolute atomic E-state index is 0.131. The molecule has 1 rings (SSSR count). The zero-order valence-corrected chi connectivity index (χ0v) is 10.5. The van der Waals surface area contributed by atoms with Gasteiger partial charge in [-0.25, -0.2) is 8.78 Å². The molecule has 2 amide bonds. The number of hydrogen-bond acceptors (Lipinski definition) is 2. The maximum atomic E-state index is 13.3. The molecule has 1 aromatic rings. The molecule has 0 aromatic heterocycles. The third-order valence-electron chi connectivity index (χ3n) is 2.33. The van der Waals surface area contributed by atoms with Gasteiger partial charge in [0.2, 0.25) is 11.8 Å². The molecule has 0 heterocycles. The molecular formula is C13H14F2N2O2. The van der Waals surface area contributed by atoms with E-state index in [4.69, 9.17) is 0 Å². The molecule has 6 heteroatoms. The molecule has 0 atom stereocenters. The van der Waals surface area contributed by atoms with Crippen molar-refractivity contribution < 1.29 is 18.4 Å². The normalized spacial score (nSPS) is 9.84. The van der Waals surface area contributed by atoms with Gasteiger partial charge in [-0.1, -0.05) is 6.08 Å².